The highest BCUT2D eigenvalue weighted by molar-refractivity contribution is 9.10. The van der Waals surface area contributed by atoms with Gasteiger partial charge >= 0.3 is 0 Å². The van der Waals surface area contributed by atoms with Crippen LogP contribution in [-0.2, 0) is 0 Å². The molecule has 3 rings (SSSR count). The second-order valence-corrected chi connectivity index (χ2v) is 4.61. The molecule has 5 nitrogen and oxygen atoms in total. The zero-order chi connectivity index (χ0) is 13.6. The third kappa shape index (κ3) is 2.03. The number of halogens is 3. The molecule has 0 fully saturated rings. The predicted octanol–water partition coefficient (Wildman–Crippen LogP) is 2.64. The van der Waals surface area contributed by atoms with Crippen molar-refractivity contribution in [2.45, 2.75) is 0 Å². The largest absolute Gasteiger partial charge is 0.382 e. The van der Waals surface area contributed by atoms with Gasteiger partial charge in [0.15, 0.2) is 23.3 Å². The van der Waals surface area contributed by atoms with Crippen LogP contribution in [-0.4, -0.2) is 19.9 Å². The van der Waals surface area contributed by atoms with Gasteiger partial charge < -0.3 is 10.7 Å². The standard InChI is InChI=1S/C11H6BrF2N5/c12-8-3-16-10(15)9(19-8)11-17-6-1-4(13)5(14)2-7(6)18-11/h1-3H,(H2,15,16)(H,17,18). The Morgan fingerprint density at radius 3 is 2.68 bits per heavy atom. The summed E-state index contributed by atoms with van der Waals surface area (Å²) >= 11 is 3.17. The van der Waals surface area contributed by atoms with E-state index in [4.69, 9.17) is 5.73 Å². The maximum atomic E-state index is 13.1. The Kier molecular flexibility index (Phi) is 2.67. The molecule has 0 saturated heterocycles. The molecule has 8 heteroatoms. The number of fused-ring (bicyclic) bond motifs is 1. The fourth-order valence-corrected chi connectivity index (χ4v) is 1.95. The SMILES string of the molecule is Nc1ncc(Br)nc1-c1nc2cc(F)c(F)cc2[nH]1. The molecular formula is C11H6BrF2N5. The van der Waals surface area contributed by atoms with Crippen molar-refractivity contribution in [3.8, 4) is 11.5 Å². The van der Waals surface area contributed by atoms with Crippen molar-refractivity contribution in [3.05, 3.63) is 34.6 Å². The first-order valence-electron chi connectivity index (χ1n) is 5.18. The van der Waals surface area contributed by atoms with Gasteiger partial charge in [0.25, 0.3) is 0 Å². The molecule has 1 aromatic carbocycles. The summed E-state index contributed by atoms with van der Waals surface area (Å²) in [5, 5.41) is 0. The highest BCUT2D eigenvalue weighted by Gasteiger charge is 2.13. The quantitative estimate of drug-likeness (QED) is 0.720. The van der Waals surface area contributed by atoms with Gasteiger partial charge in [-0.1, -0.05) is 0 Å². The number of H-pyrrole nitrogens is 1. The Balaban J connectivity index is 2.23. The number of hydrogen-bond acceptors (Lipinski definition) is 4. The van der Waals surface area contributed by atoms with Crippen molar-refractivity contribution < 1.29 is 8.78 Å². The van der Waals surface area contributed by atoms with E-state index in [9.17, 15) is 8.78 Å². The minimum atomic E-state index is -0.959. The minimum Gasteiger partial charge on any atom is -0.382 e. The summed E-state index contributed by atoms with van der Waals surface area (Å²) in [7, 11) is 0. The zero-order valence-corrected chi connectivity index (χ0v) is 10.9. The number of aromatic nitrogens is 4. The Morgan fingerprint density at radius 2 is 1.89 bits per heavy atom. The molecule has 0 bridgehead atoms. The topological polar surface area (TPSA) is 80.5 Å². The molecule has 0 saturated carbocycles. The van der Waals surface area contributed by atoms with E-state index in [0.717, 1.165) is 12.1 Å². The third-order valence-corrected chi connectivity index (χ3v) is 2.90. The van der Waals surface area contributed by atoms with E-state index in [1.54, 1.807) is 0 Å². The molecule has 0 radical (unpaired) electrons. The van der Waals surface area contributed by atoms with Crippen LogP contribution in [0.3, 0.4) is 0 Å². The highest BCUT2D eigenvalue weighted by Crippen LogP contribution is 2.25. The van der Waals surface area contributed by atoms with Gasteiger partial charge in [0.05, 0.1) is 17.2 Å². The summed E-state index contributed by atoms with van der Waals surface area (Å²) in [4.78, 5) is 15.0. The van der Waals surface area contributed by atoms with Gasteiger partial charge in [-0.2, -0.15) is 0 Å². The summed E-state index contributed by atoms with van der Waals surface area (Å²) in [5.41, 5.74) is 6.66. The van der Waals surface area contributed by atoms with Gasteiger partial charge in [-0.05, 0) is 15.9 Å². The molecule has 2 aromatic heterocycles. The molecular weight excluding hydrogens is 320 g/mol. The lowest BCUT2D eigenvalue weighted by molar-refractivity contribution is 0.510. The monoisotopic (exact) mass is 325 g/mol. The lowest BCUT2D eigenvalue weighted by atomic mass is 10.3. The molecule has 0 unspecified atom stereocenters. The Hall–Kier alpha value is -2.09. The van der Waals surface area contributed by atoms with Crippen LogP contribution in [0.2, 0.25) is 0 Å². The number of nitrogen functional groups attached to an aromatic ring is 1. The fourth-order valence-electron chi connectivity index (χ4n) is 1.67. The summed E-state index contributed by atoms with van der Waals surface area (Å²) in [6.07, 6.45) is 1.45. The van der Waals surface area contributed by atoms with E-state index in [-0.39, 0.29) is 11.3 Å². The number of benzene rings is 1. The summed E-state index contributed by atoms with van der Waals surface area (Å²) in [5.74, 6) is -1.44. The second kappa shape index (κ2) is 4.23. The van der Waals surface area contributed by atoms with Crippen molar-refractivity contribution in [3.63, 3.8) is 0 Å². The van der Waals surface area contributed by atoms with Crippen molar-refractivity contribution in [1.29, 1.82) is 0 Å². The Morgan fingerprint density at radius 1 is 1.16 bits per heavy atom. The summed E-state index contributed by atoms with van der Waals surface area (Å²) in [6.45, 7) is 0. The fraction of sp³-hybridized carbons (Fsp3) is 0. The summed E-state index contributed by atoms with van der Waals surface area (Å²) in [6, 6.07) is 2.04. The molecule has 3 N–H and O–H groups in total. The molecule has 0 amide bonds. The molecule has 3 aromatic rings. The number of nitrogens with one attached hydrogen (secondary N) is 1. The number of imidazole rings is 1. The number of aromatic amines is 1. The Labute approximate surface area is 114 Å². The maximum absolute atomic E-state index is 13.1. The average molecular weight is 326 g/mol. The number of hydrogen-bond donors (Lipinski definition) is 2. The molecule has 0 atom stereocenters. The van der Waals surface area contributed by atoms with Gasteiger partial charge in [-0.15, -0.1) is 0 Å². The van der Waals surface area contributed by atoms with Crippen molar-refractivity contribution in [1.82, 2.24) is 19.9 Å². The third-order valence-electron chi connectivity index (χ3n) is 2.52. The van der Waals surface area contributed by atoms with E-state index < -0.39 is 11.6 Å². The maximum Gasteiger partial charge on any atom is 0.161 e. The molecule has 19 heavy (non-hydrogen) atoms. The molecule has 0 aliphatic carbocycles. The number of rotatable bonds is 1. The van der Waals surface area contributed by atoms with E-state index >= 15 is 0 Å². The normalized spacial score (nSPS) is 11.1. The van der Waals surface area contributed by atoms with E-state index in [1.807, 2.05) is 0 Å². The molecule has 0 aliphatic rings. The summed E-state index contributed by atoms with van der Waals surface area (Å²) < 4.78 is 26.7. The van der Waals surface area contributed by atoms with E-state index in [0.29, 0.717) is 21.6 Å². The lowest BCUT2D eigenvalue weighted by Gasteiger charge is -2.00. The lowest BCUT2D eigenvalue weighted by Crippen LogP contribution is -1.98. The first-order valence-corrected chi connectivity index (χ1v) is 5.97. The van der Waals surface area contributed by atoms with E-state index in [1.165, 1.54) is 6.20 Å². The van der Waals surface area contributed by atoms with Crippen molar-refractivity contribution in [2.75, 3.05) is 5.73 Å². The molecule has 0 spiro atoms. The predicted molar refractivity (Wildman–Crippen MR) is 69.1 cm³/mol. The van der Waals surface area contributed by atoms with Gasteiger partial charge in [0.1, 0.15) is 10.3 Å². The average Bonchev–Trinajstić information content (AvgIpc) is 2.75. The molecule has 0 aliphatic heterocycles. The smallest absolute Gasteiger partial charge is 0.161 e. The van der Waals surface area contributed by atoms with Crippen LogP contribution in [0.1, 0.15) is 0 Å². The van der Waals surface area contributed by atoms with Crippen LogP contribution in [0.25, 0.3) is 22.6 Å². The van der Waals surface area contributed by atoms with Crippen LogP contribution in [0, 0.1) is 11.6 Å². The van der Waals surface area contributed by atoms with E-state index in [2.05, 4.69) is 35.9 Å². The van der Waals surface area contributed by atoms with Crippen LogP contribution in [0.5, 0.6) is 0 Å². The van der Waals surface area contributed by atoms with Crippen LogP contribution >= 0.6 is 15.9 Å². The highest BCUT2D eigenvalue weighted by atomic mass is 79.9. The minimum absolute atomic E-state index is 0.170. The number of nitrogens with two attached hydrogens (primary N) is 1. The number of anilines is 1. The zero-order valence-electron chi connectivity index (χ0n) is 9.28. The van der Waals surface area contributed by atoms with Crippen molar-refractivity contribution >= 4 is 32.8 Å². The van der Waals surface area contributed by atoms with Crippen LogP contribution in [0.15, 0.2) is 22.9 Å². The van der Waals surface area contributed by atoms with Crippen molar-refractivity contribution in [2.24, 2.45) is 0 Å². The van der Waals surface area contributed by atoms with Crippen LogP contribution < -0.4 is 5.73 Å². The van der Waals surface area contributed by atoms with Gasteiger partial charge in [-0.25, -0.2) is 23.7 Å². The Bertz CT molecular complexity index is 747. The molecule has 96 valence electrons. The second-order valence-electron chi connectivity index (χ2n) is 3.80. The first-order chi connectivity index (χ1) is 9.04. The van der Waals surface area contributed by atoms with Gasteiger partial charge in [0, 0.05) is 12.1 Å². The molecule has 2 heterocycles. The number of nitrogens with zero attached hydrogens (tertiary/aromatic N) is 3. The van der Waals surface area contributed by atoms with Gasteiger partial charge in [0.2, 0.25) is 0 Å². The first kappa shape index (κ1) is 12.0. The van der Waals surface area contributed by atoms with Crippen LogP contribution in [0.4, 0.5) is 14.6 Å². The van der Waals surface area contributed by atoms with Gasteiger partial charge in [-0.3, -0.25) is 0 Å².